The quantitative estimate of drug-likeness (QED) is 0.787. The Kier molecular flexibility index (Phi) is 6.07. The number of benzene rings is 1. The zero-order valence-corrected chi connectivity index (χ0v) is 16.2. The van der Waals surface area contributed by atoms with E-state index in [1.165, 1.54) is 6.07 Å². The number of aryl methyl sites for hydroxylation is 2. The van der Waals surface area contributed by atoms with E-state index in [2.05, 4.69) is 20.2 Å². The molecule has 2 aromatic rings. The smallest absolute Gasteiger partial charge is 0.355 e. The molecule has 28 heavy (non-hydrogen) atoms. The highest BCUT2D eigenvalue weighted by Gasteiger charge is 2.34. The van der Waals surface area contributed by atoms with Crippen LogP contribution in [0.1, 0.15) is 43.0 Å². The van der Waals surface area contributed by atoms with Gasteiger partial charge in [-0.15, -0.1) is 0 Å². The van der Waals surface area contributed by atoms with Gasteiger partial charge in [0.1, 0.15) is 5.82 Å². The minimum absolute atomic E-state index is 0.0481. The summed E-state index contributed by atoms with van der Waals surface area (Å²) in [6.45, 7) is 5.18. The molecule has 5 nitrogen and oxygen atoms in total. The summed E-state index contributed by atoms with van der Waals surface area (Å²) < 4.78 is 40.3. The fourth-order valence-electron chi connectivity index (χ4n) is 3.43. The largest absolute Gasteiger partial charge is 0.418 e. The number of nitrogens with one attached hydrogen (secondary N) is 1. The molecule has 8 heteroatoms. The normalized spacial score (nSPS) is 17.6. The average molecular weight is 393 g/mol. The molecule has 1 aromatic carbocycles. The van der Waals surface area contributed by atoms with E-state index in [0.29, 0.717) is 17.9 Å². The van der Waals surface area contributed by atoms with E-state index in [0.717, 1.165) is 44.0 Å². The first-order chi connectivity index (χ1) is 13.3. The van der Waals surface area contributed by atoms with Crippen LogP contribution >= 0.6 is 0 Å². The Bertz CT molecular complexity index is 822. The number of aromatic nitrogens is 2. The maximum atomic E-state index is 13.4. The van der Waals surface area contributed by atoms with Crippen molar-refractivity contribution in [1.82, 2.24) is 9.97 Å². The second-order valence-corrected chi connectivity index (χ2v) is 7.31. The maximum absolute atomic E-state index is 13.4. The predicted molar refractivity (Wildman–Crippen MR) is 105 cm³/mol. The summed E-state index contributed by atoms with van der Waals surface area (Å²) in [4.78, 5) is 11.0. The number of piperidine rings is 1. The highest BCUT2D eigenvalue weighted by atomic mass is 19.4. The minimum atomic E-state index is -4.46. The van der Waals surface area contributed by atoms with Gasteiger partial charge in [0, 0.05) is 30.9 Å². The van der Waals surface area contributed by atoms with Gasteiger partial charge >= 0.3 is 6.18 Å². The highest BCUT2D eigenvalue weighted by molar-refractivity contribution is 5.61. The number of alkyl halides is 3. The molecule has 1 fully saturated rings. The van der Waals surface area contributed by atoms with Crippen LogP contribution in [0.2, 0.25) is 0 Å². The lowest BCUT2D eigenvalue weighted by Crippen LogP contribution is -2.43. The zero-order valence-electron chi connectivity index (χ0n) is 16.2. The second kappa shape index (κ2) is 8.34. The molecule has 3 N–H and O–H groups in total. The molecule has 0 radical (unpaired) electrons. The number of halogens is 3. The molecule has 1 saturated heterocycles. The van der Waals surface area contributed by atoms with E-state index in [1.807, 2.05) is 13.0 Å². The summed E-state index contributed by atoms with van der Waals surface area (Å²) >= 11 is 0. The average Bonchev–Trinajstić information content (AvgIpc) is 2.62. The van der Waals surface area contributed by atoms with E-state index in [9.17, 15) is 13.2 Å². The van der Waals surface area contributed by atoms with Gasteiger partial charge in [-0.25, -0.2) is 4.98 Å². The third-order valence-electron chi connectivity index (χ3n) is 4.78. The molecule has 0 spiro atoms. The van der Waals surface area contributed by atoms with Gasteiger partial charge in [-0.3, -0.25) is 0 Å². The molecule has 3 rings (SSSR count). The minimum Gasteiger partial charge on any atom is -0.355 e. The highest BCUT2D eigenvalue weighted by Crippen LogP contribution is 2.36. The Morgan fingerprint density at radius 2 is 2.04 bits per heavy atom. The Hall–Kier alpha value is -2.35. The monoisotopic (exact) mass is 393 g/mol. The number of rotatable bonds is 5. The van der Waals surface area contributed by atoms with Crippen molar-refractivity contribution < 1.29 is 13.2 Å². The van der Waals surface area contributed by atoms with Crippen LogP contribution in [0.5, 0.6) is 0 Å². The molecule has 0 saturated carbocycles. The van der Waals surface area contributed by atoms with Crippen LogP contribution < -0.4 is 16.0 Å². The van der Waals surface area contributed by atoms with E-state index in [1.54, 1.807) is 13.0 Å². The summed E-state index contributed by atoms with van der Waals surface area (Å²) in [7, 11) is 0. The van der Waals surface area contributed by atoms with Crippen LogP contribution in [0.3, 0.4) is 0 Å². The summed E-state index contributed by atoms with van der Waals surface area (Å²) in [5.41, 5.74) is 6.65. The Morgan fingerprint density at radius 1 is 1.25 bits per heavy atom. The molecule has 152 valence electrons. The molecule has 0 unspecified atom stereocenters. The van der Waals surface area contributed by atoms with Gasteiger partial charge in [0.25, 0.3) is 0 Å². The molecule has 2 heterocycles. The zero-order chi connectivity index (χ0) is 20.3. The van der Waals surface area contributed by atoms with Crippen molar-refractivity contribution >= 4 is 17.5 Å². The lowest BCUT2D eigenvalue weighted by atomic mass is 10.1. The van der Waals surface area contributed by atoms with E-state index in [4.69, 9.17) is 5.73 Å². The van der Waals surface area contributed by atoms with Crippen molar-refractivity contribution in [2.75, 3.05) is 23.3 Å². The van der Waals surface area contributed by atoms with Gasteiger partial charge in [-0.2, -0.15) is 18.2 Å². The first-order valence-electron chi connectivity index (χ1n) is 9.59. The standard InChI is InChI=1S/C20H26F3N5/c1-3-5-15-11-18(28-9-4-6-14(24)12-28)27-19(25-15)26-17-8-7-13(2)10-16(17)20(21,22)23/h7-8,10-11,14H,3-6,9,12,24H2,1-2H3,(H,25,26,27)/t14-/m1/s1. The van der Waals surface area contributed by atoms with Crippen LogP contribution in [-0.2, 0) is 12.6 Å². The van der Waals surface area contributed by atoms with Gasteiger partial charge in [0.05, 0.1) is 11.3 Å². The lowest BCUT2D eigenvalue weighted by Gasteiger charge is -2.32. The summed E-state index contributed by atoms with van der Waals surface area (Å²) in [5.74, 6) is 0.881. The van der Waals surface area contributed by atoms with Gasteiger partial charge < -0.3 is 16.0 Å². The third-order valence-corrected chi connectivity index (χ3v) is 4.78. The molecule has 1 aromatic heterocycles. The lowest BCUT2D eigenvalue weighted by molar-refractivity contribution is -0.137. The van der Waals surface area contributed by atoms with E-state index in [-0.39, 0.29) is 17.7 Å². The molecule has 0 aliphatic carbocycles. The maximum Gasteiger partial charge on any atom is 0.418 e. The number of hydrogen-bond donors (Lipinski definition) is 2. The number of nitrogens with two attached hydrogens (primary N) is 1. The Balaban J connectivity index is 1.96. The summed E-state index contributed by atoms with van der Waals surface area (Å²) in [5, 5.41) is 2.80. The van der Waals surface area contributed by atoms with Gasteiger partial charge in [0.15, 0.2) is 0 Å². The van der Waals surface area contributed by atoms with Crippen molar-refractivity contribution in [1.29, 1.82) is 0 Å². The van der Waals surface area contributed by atoms with Gasteiger partial charge in [-0.05, 0) is 38.3 Å². The molecule has 0 amide bonds. The van der Waals surface area contributed by atoms with Crippen LogP contribution in [0.4, 0.5) is 30.6 Å². The third kappa shape index (κ3) is 4.92. The number of anilines is 3. The van der Waals surface area contributed by atoms with Gasteiger partial charge in [0.2, 0.25) is 5.95 Å². The van der Waals surface area contributed by atoms with Crippen molar-refractivity contribution in [3.8, 4) is 0 Å². The second-order valence-electron chi connectivity index (χ2n) is 7.31. The van der Waals surface area contributed by atoms with E-state index >= 15 is 0 Å². The molecule has 1 atom stereocenters. The molecular formula is C20H26F3N5. The Labute approximate surface area is 163 Å². The number of nitrogens with zero attached hydrogens (tertiary/aromatic N) is 3. The van der Waals surface area contributed by atoms with Crippen molar-refractivity contribution in [3.63, 3.8) is 0 Å². The van der Waals surface area contributed by atoms with Gasteiger partial charge in [-0.1, -0.05) is 25.0 Å². The molecular weight excluding hydrogens is 367 g/mol. The fraction of sp³-hybridized carbons (Fsp3) is 0.500. The van der Waals surface area contributed by atoms with Crippen molar-refractivity contribution in [3.05, 3.63) is 41.1 Å². The van der Waals surface area contributed by atoms with Crippen LogP contribution in [-0.4, -0.2) is 29.1 Å². The first-order valence-corrected chi connectivity index (χ1v) is 9.59. The first kappa shape index (κ1) is 20.4. The van der Waals surface area contributed by atoms with Crippen LogP contribution in [0.15, 0.2) is 24.3 Å². The molecule has 1 aliphatic rings. The van der Waals surface area contributed by atoms with Crippen LogP contribution in [0, 0.1) is 6.92 Å². The fourth-order valence-corrected chi connectivity index (χ4v) is 3.43. The topological polar surface area (TPSA) is 67.1 Å². The van der Waals surface area contributed by atoms with Crippen molar-refractivity contribution in [2.45, 2.75) is 51.7 Å². The SMILES string of the molecule is CCCc1cc(N2CCC[C@@H](N)C2)nc(Nc2ccc(C)cc2C(F)(F)F)n1. The molecule has 0 bridgehead atoms. The Morgan fingerprint density at radius 3 is 2.71 bits per heavy atom. The van der Waals surface area contributed by atoms with E-state index < -0.39 is 11.7 Å². The van der Waals surface area contributed by atoms with Crippen LogP contribution in [0.25, 0.3) is 0 Å². The van der Waals surface area contributed by atoms with Crippen molar-refractivity contribution in [2.24, 2.45) is 5.73 Å². The number of hydrogen-bond acceptors (Lipinski definition) is 5. The predicted octanol–water partition coefficient (Wildman–Crippen LogP) is 4.43. The summed E-state index contributed by atoms with van der Waals surface area (Å²) in [6, 6.07) is 6.17. The summed E-state index contributed by atoms with van der Waals surface area (Å²) in [6.07, 6.45) is -0.921. The molecule has 1 aliphatic heterocycles.